The van der Waals surface area contributed by atoms with E-state index >= 15 is 0 Å². The van der Waals surface area contributed by atoms with Gasteiger partial charge in [0.25, 0.3) is 11.5 Å². The van der Waals surface area contributed by atoms with Crippen LogP contribution in [0.25, 0.3) is 0 Å². The normalized spacial score (nSPS) is 14.0. The molecule has 23 heavy (non-hydrogen) atoms. The molecule has 7 heteroatoms. The highest BCUT2D eigenvalue weighted by Crippen LogP contribution is 2.37. The molecule has 1 saturated carbocycles. The van der Waals surface area contributed by atoms with Crippen molar-refractivity contribution in [2.75, 3.05) is 13.6 Å². The molecule has 1 amide bonds. The second-order valence-corrected chi connectivity index (χ2v) is 6.07. The Morgan fingerprint density at radius 1 is 1.43 bits per heavy atom. The van der Waals surface area contributed by atoms with Gasteiger partial charge in [-0.05, 0) is 19.3 Å². The first-order valence-corrected chi connectivity index (χ1v) is 7.87. The van der Waals surface area contributed by atoms with Crippen LogP contribution in [0.2, 0.25) is 0 Å². The lowest BCUT2D eigenvalue weighted by Crippen LogP contribution is -2.33. The van der Waals surface area contributed by atoms with Gasteiger partial charge < -0.3 is 14.5 Å². The van der Waals surface area contributed by atoms with Gasteiger partial charge in [-0.3, -0.25) is 9.59 Å². The third kappa shape index (κ3) is 3.49. The van der Waals surface area contributed by atoms with E-state index in [0.29, 0.717) is 18.3 Å². The first kappa shape index (κ1) is 15.5. The Morgan fingerprint density at radius 2 is 2.22 bits per heavy atom. The fourth-order valence-corrected chi connectivity index (χ4v) is 2.54. The average molecular weight is 315 g/mol. The number of aryl methyl sites for hydroxylation is 2. The van der Waals surface area contributed by atoms with E-state index in [4.69, 9.17) is 0 Å². The zero-order valence-corrected chi connectivity index (χ0v) is 13.5. The summed E-state index contributed by atoms with van der Waals surface area (Å²) in [5, 5.41) is 0. The van der Waals surface area contributed by atoms with Crippen molar-refractivity contribution >= 4 is 5.91 Å². The summed E-state index contributed by atoms with van der Waals surface area (Å²) in [4.78, 5) is 37.2. The molecule has 0 aliphatic heterocycles. The Kier molecular flexibility index (Phi) is 4.27. The summed E-state index contributed by atoms with van der Waals surface area (Å²) < 4.78 is 1.97. The van der Waals surface area contributed by atoms with E-state index in [-0.39, 0.29) is 17.0 Å². The molecule has 0 unspecified atom stereocenters. The lowest BCUT2D eigenvalue weighted by atomic mass is 10.2. The molecule has 3 rings (SSSR count). The smallest absolute Gasteiger partial charge is 0.263 e. The monoisotopic (exact) mass is 315 g/mol. The number of nitrogens with one attached hydrogen (secondary N) is 1. The van der Waals surface area contributed by atoms with Crippen molar-refractivity contribution in [3.05, 3.63) is 46.2 Å². The summed E-state index contributed by atoms with van der Waals surface area (Å²) in [6.45, 7) is 0.565. The van der Waals surface area contributed by atoms with Gasteiger partial charge in [0, 0.05) is 51.6 Å². The van der Waals surface area contributed by atoms with Gasteiger partial charge in [0.2, 0.25) is 0 Å². The maximum Gasteiger partial charge on any atom is 0.263 e. The minimum atomic E-state index is -0.345. The molecular weight excluding hydrogens is 294 g/mol. The zero-order valence-electron chi connectivity index (χ0n) is 13.5. The summed E-state index contributed by atoms with van der Waals surface area (Å²) in [7, 11) is 3.65. The molecule has 0 atom stereocenters. The van der Waals surface area contributed by atoms with Crippen molar-refractivity contribution in [1.29, 1.82) is 0 Å². The number of hydrogen-bond donors (Lipinski definition) is 1. The van der Waals surface area contributed by atoms with Crippen LogP contribution in [0.1, 0.15) is 47.2 Å². The second kappa shape index (κ2) is 6.36. The standard InChI is InChI=1S/C16H21N5O2/c1-20-9-7-17-13(20)4-3-8-21(2)16(23)12-10-18-14(11-5-6-11)19-15(12)22/h7,9-11H,3-6,8H2,1-2H3,(H,18,19,22). The first-order valence-electron chi connectivity index (χ1n) is 7.87. The van der Waals surface area contributed by atoms with E-state index in [1.54, 1.807) is 18.1 Å². The molecule has 1 N–H and O–H groups in total. The highest BCUT2D eigenvalue weighted by atomic mass is 16.2. The topological polar surface area (TPSA) is 83.9 Å². The fraction of sp³-hybridized carbons (Fsp3) is 0.500. The lowest BCUT2D eigenvalue weighted by Gasteiger charge is -2.16. The summed E-state index contributed by atoms with van der Waals surface area (Å²) in [5.41, 5.74) is -0.239. The molecule has 2 heterocycles. The van der Waals surface area contributed by atoms with Crippen molar-refractivity contribution in [2.24, 2.45) is 7.05 Å². The largest absolute Gasteiger partial charge is 0.341 e. The van der Waals surface area contributed by atoms with Crippen molar-refractivity contribution < 1.29 is 4.79 Å². The average Bonchev–Trinajstić information content (AvgIpc) is 3.30. The third-order valence-corrected chi connectivity index (χ3v) is 4.17. The molecular formula is C16H21N5O2. The van der Waals surface area contributed by atoms with Crippen LogP contribution in [-0.2, 0) is 13.5 Å². The Labute approximate surface area is 134 Å². The number of aromatic nitrogens is 4. The highest BCUT2D eigenvalue weighted by Gasteiger charge is 2.27. The van der Waals surface area contributed by atoms with Gasteiger partial charge >= 0.3 is 0 Å². The van der Waals surface area contributed by atoms with Gasteiger partial charge in [-0.2, -0.15) is 0 Å². The summed E-state index contributed by atoms with van der Waals surface area (Å²) in [6, 6.07) is 0. The Bertz CT molecular complexity index is 760. The van der Waals surface area contributed by atoms with E-state index < -0.39 is 0 Å². The first-order chi connectivity index (χ1) is 11.1. The summed E-state index contributed by atoms with van der Waals surface area (Å²) in [6.07, 6.45) is 8.76. The van der Waals surface area contributed by atoms with Gasteiger partial charge in [0.05, 0.1) is 0 Å². The molecule has 0 bridgehead atoms. The molecule has 2 aromatic heterocycles. The third-order valence-electron chi connectivity index (χ3n) is 4.17. The van der Waals surface area contributed by atoms with Gasteiger partial charge in [-0.15, -0.1) is 0 Å². The lowest BCUT2D eigenvalue weighted by molar-refractivity contribution is 0.0791. The summed E-state index contributed by atoms with van der Waals surface area (Å²) in [5.74, 6) is 1.76. The number of H-pyrrole nitrogens is 1. The summed E-state index contributed by atoms with van der Waals surface area (Å²) >= 11 is 0. The van der Waals surface area contributed by atoms with Gasteiger partial charge in [-0.1, -0.05) is 0 Å². The number of aromatic amines is 1. The zero-order chi connectivity index (χ0) is 16.4. The molecule has 122 valence electrons. The van der Waals surface area contributed by atoms with E-state index in [2.05, 4.69) is 15.0 Å². The van der Waals surface area contributed by atoms with Crippen molar-refractivity contribution in [3.8, 4) is 0 Å². The van der Waals surface area contributed by atoms with Crippen molar-refractivity contribution in [1.82, 2.24) is 24.4 Å². The van der Waals surface area contributed by atoms with Gasteiger partial charge in [-0.25, -0.2) is 9.97 Å². The van der Waals surface area contributed by atoms with Crippen LogP contribution >= 0.6 is 0 Å². The Hall–Kier alpha value is -2.44. The fourth-order valence-electron chi connectivity index (χ4n) is 2.54. The van der Waals surface area contributed by atoms with Crippen LogP contribution in [0, 0.1) is 0 Å². The molecule has 1 fully saturated rings. The van der Waals surface area contributed by atoms with Crippen LogP contribution in [-0.4, -0.2) is 43.9 Å². The Balaban J connectivity index is 1.58. The molecule has 0 spiro atoms. The van der Waals surface area contributed by atoms with E-state index in [0.717, 1.165) is 31.5 Å². The van der Waals surface area contributed by atoms with Crippen molar-refractivity contribution in [2.45, 2.75) is 31.6 Å². The Morgan fingerprint density at radius 3 is 2.83 bits per heavy atom. The quantitative estimate of drug-likeness (QED) is 0.865. The number of carbonyl (C=O) groups is 1. The van der Waals surface area contributed by atoms with Crippen LogP contribution in [0.4, 0.5) is 0 Å². The number of amides is 1. The van der Waals surface area contributed by atoms with E-state index in [1.807, 2.05) is 17.8 Å². The number of hydrogen-bond acceptors (Lipinski definition) is 4. The van der Waals surface area contributed by atoms with Crippen LogP contribution in [0.5, 0.6) is 0 Å². The minimum absolute atomic E-state index is 0.105. The molecule has 0 aromatic carbocycles. The highest BCUT2D eigenvalue weighted by molar-refractivity contribution is 5.93. The molecule has 0 saturated heterocycles. The van der Waals surface area contributed by atoms with E-state index in [9.17, 15) is 9.59 Å². The number of imidazole rings is 1. The minimum Gasteiger partial charge on any atom is -0.341 e. The van der Waals surface area contributed by atoms with Crippen LogP contribution in [0.3, 0.4) is 0 Å². The maximum atomic E-state index is 12.4. The molecule has 1 aliphatic carbocycles. The molecule has 2 aromatic rings. The van der Waals surface area contributed by atoms with Gasteiger partial charge in [0.15, 0.2) is 0 Å². The second-order valence-electron chi connectivity index (χ2n) is 6.07. The van der Waals surface area contributed by atoms with E-state index in [1.165, 1.54) is 6.20 Å². The van der Waals surface area contributed by atoms with Crippen LogP contribution in [0.15, 0.2) is 23.4 Å². The molecule has 0 radical (unpaired) electrons. The van der Waals surface area contributed by atoms with Crippen LogP contribution < -0.4 is 5.56 Å². The van der Waals surface area contributed by atoms with Gasteiger partial charge in [0.1, 0.15) is 17.2 Å². The number of rotatable bonds is 6. The predicted molar refractivity (Wildman–Crippen MR) is 85.3 cm³/mol. The maximum absolute atomic E-state index is 12.4. The van der Waals surface area contributed by atoms with Crippen molar-refractivity contribution in [3.63, 3.8) is 0 Å². The number of nitrogens with zero attached hydrogens (tertiary/aromatic N) is 4. The molecule has 1 aliphatic rings. The SMILES string of the molecule is CN(CCCc1nccn1C)C(=O)c1cnc(C2CC2)[nH]c1=O. The predicted octanol–water partition coefficient (Wildman–Crippen LogP) is 1.09. The molecule has 7 nitrogen and oxygen atoms in total. The number of carbonyl (C=O) groups excluding carboxylic acids is 1.